The highest BCUT2D eigenvalue weighted by atomic mass is 79.9. The number of hydrogen-bond donors (Lipinski definition) is 0. The van der Waals surface area contributed by atoms with Gasteiger partial charge in [-0.2, -0.15) is 0 Å². The zero-order valence-electron chi connectivity index (χ0n) is 13.9. The van der Waals surface area contributed by atoms with Gasteiger partial charge in [-0.05, 0) is 66.2 Å². The van der Waals surface area contributed by atoms with Gasteiger partial charge in [-0.15, -0.1) is 0 Å². The normalized spacial score (nSPS) is 10.7. The molecular formula is C20H13BrN2O4. The maximum Gasteiger partial charge on any atom is 0.343 e. The largest absolute Gasteiger partial charge is 0.423 e. The summed E-state index contributed by atoms with van der Waals surface area (Å²) in [5.41, 5.74) is 1.89. The molecule has 3 aromatic rings. The molecule has 0 radical (unpaired) electrons. The molecular weight excluding hydrogens is 412 g/mol. The second-order valence-electron chi connectivity index (χ2n) is 5.50. The van der Waals surface area contributed by atoms with Crippen LogP contribution in [0.2, 0.25) is 0 Å². The second-order valence-corrected chi connectivity index (χ2v) is 6.41. The van der Waals surface area contributed by atoms with Crippen LogP contribution in [0.25, 0.3) is 0 Å². The first-order valence-corrected chi connectivity index (χ1v) is 8.67. The van der Waals surface area contributed by atoms with E-state index in [1.807, 2.05) is 0 Å². The smallest absolute Gasteiger partial charge is 0.343 e. The molecule has 0 saturated heterocycles. The minimum Gasteiger partial charge on any atom is -0.423 e. The van der Waals surface area contributed by atoms with Crippen molar-refractivity contribution in [1.82, 2.24) is 0 Å². The van der Waals surface area contributed by atoms with E-state index in [9.17, 15) is 14.9 Å². The van der Waals surface area contributed by atoms with Crippen LogP contribution in [0.5, 0.6) is 5.75 Å². The molecule has 0 bridgehead atoms. The molecule has 0 heterocycles. The van der Waals surface area contributed by atoms with Crippen molar-refractivity contribution in [1.29, 1.82) is 0 Å². The van der Waals surface area contributed by atoms with Crippen LogP contribution in [0.1, 0.15) is 15.9 Å². The highest BCUT2D eigenvalue weighted by Crippen LogP contribution is 2.19. The van der Waals surface area contributed by atoms with Gasteiger partial charge in [0.1, 0.15) is 5.75 Å². The van der Waals surface area contributed by atoms with Gasteiger partial charge in [-0.25, -0.2) is 4.79 Å². The average Bonchev–Trinajstić information content (AvgIpc) is 2.68. The number of nitro groups is 1. The van der Waals surface area contributed by atoms with Crippen LogP contribution in [0.3, 0.4) is 0 Å². The molecule has 0 unspecified atom stereocenters. The minimum absolute atomic E-state index is 0.0193. The number of aliphatic imine (C=N–C) groups is 1. The first-order valence-electron chi connectivity index (χ1n) is 7.87. The van der Waals surface area contributed by atoms with Gasteiger partial charge >= 0.3 is 5.97 Å². The lowest BCUT2D eigenvalue weighted by Crippen LogP contribution is -2.08. The average molecular weight is 425 g/mol. The van der Waals surface area contributed by atoms with E-state index in [1.54, 1.807) is 66.9 Å². The van der Waals surface area contributed by atoms with E-state index in [-0.39, 0.29) is 5.69 Å². The van der Waals surface area contributed by atoms with Gasteiger partial charge in [0.15, 0.2) is 0 Å². The summed E-state index contributed by atoms with van der Waals surface area (Å²) in [7, 11) is 0. The number of carbonyl (C=O) groups is 1. The molecule has 0 fully saturated rings. The molecule has 27 heavy (non-hydrogen) atoms. The van der Waals surface area contributed by atoms with Crippen LogP contribution in [0.15, 0.2) is 82.3 Å². The number of carbonyl (C=O) groups excluding carboxylic acids is 1. The summed E-state index contributed by atoms with van der Waals surface area (Å²) in [5, 5.41) is 10.6. The van der Waals surface area contributed by atoms with Crippen LogP contribution in [0.4, 0.5) is 11.4 Å². The molecule has 0 aliphatic heterocycles. The summed E-state index contributed by atoms with van der Waals surface area (Å²) in [6.45, 7) is 0. The van der Waals surface area contributed by atoms with Crippen LogP contribution >= 0.6 is 15.9 Å². The van der Waals surface area contributed by atoms with Crippen LogP contribution in [-0.4, -0.2) is 17.1 Å². The number of esters is 1. The fourth-order valence-corrected chi connectivity index (χ4v) is 2.45. The van der Waals surface area contributed by atoms with Crippen molar-refractivity contribution in [2.75, 3.05) is 0 Å². The third-order valence-electron chi connectivity index (χ3n) is 3.59. The van der Waals surface area contributed by atoms with E-state index in [0.29, 0.717) is 17.0 Å². The number of nitro benzene ring substituents is 1. The van der Waals surface area contributed by atoms with Crippen molar-refractivity contribution in [2.45, 2.75) is 0 Å². The van der Waals surface area contributed by atoms with Crippen LogP contribution in [-0.2, 0) is 0 Å². The molecule has 0 aliphatic carbocycles. The van der Waals surface area contributed by atoms with Crippen LogP contribution in [0, 0.1) is 10.1 Å². The lowest BCUT2D eigenvalue weighted by Gasteiger charge is -2.04. The monoisotopic (exact) mass is 424 g/mol. The first kappa shape index (κ1) is 18.5. The minimum atomic E-state index is -0.457. The van der Waals surface area contributed by atoms with E-state index in [0.717, 1.165) is 10.0 Å². The maximum absolute atomic E-state index is 12.1. The topological polar surface area (TPSA) is 81.8 Å². The molecule has 0 spiro atoms. The Morgan fingerprint density at radius 3 is 2.19 bits per heavy atom. The Hall–Kier alpha value is -3.32. The SMILES string of the molecule is O=C(Oc1ccc(C=Nc2ccc([N+](=O)[O-])cc2)cc1)c1ccc(Br)cc1. The van der Waals surface area contributed by atoms with Crippen molar-refractivity contribution >= 4 is 39.5 Å². The van der Waals surface area contributed by atoms with Crippen LogP contribution < -0.4 is 4.74 Å². The van der Waals surface area contributed by atoms with E-state index in [1.165, 1.54) is 12.1 Å². The van der Waals surface area contributed by atoms with E-state index in [2.05, 4.69) is 20.9 Å². The zero-order valence-corrected chi connectivity index (χ0v) is 15.5. The molecule has 0 N–H and O–H groups in total. The third-order valence-corrected chi connectivity index (χ3v) is 4.12. The highest BCUT2D eigenvalue weighted by molar-refractivity contribution is 9.10. The van der Waals surface area contributed by atoms with Gasteiger partial charge < -0.3 is 4.74 Å². The summed E-state index contributed by atoms with van der Waals surface area (Å²) in [6, 6.07) is 19.7. The number of rotatable bonds is 5. The molecule has 7 heteroatoms. The number of benzene rings is 3. The third kappa shape index (κ3) is 5.08. The summed E-state index contributed by atoms with van der Waals surface area (Å²) in [4.78, 5) is 26.5. The number of hydrogen-bond acceptors (Lipinski definition) is 5. The molecule has 3 aromatic carbocycles. The lowest BCUT2D eigenvalue weighted by atomic mass is 10.2. The quantitative estimate of drug-likeness (QED) is 0.182. The molecule has 3 rings (SSSR count). The lowest BCUT2D eigenvalue weighted by molar-refractivity contribution is -0.384. The predicted octanol–water partition coefficient (Wildman–Crippen LogP) is 5.33. The van der Waals surface area contributed by atoms with E-state index in [4.69, 9.17) is 4.74 Å². The second kappa shape index (κ2) is 8.37. The van der Waals surface area contributed by atoms with Gasteiger partial charge in [0.25, 0.3) is 5.69 Å². The Labute approximate surface area is 163 Å². The van der Waals surface area contributed by atoms with Crippen molar-refractivity contribution in [3.8, 4) is 5.75 Å². The van der Waals surface area contributed by atoms with Crippen molar-refractivity contribution < 1.29 is 14.5 Å². The summed E-state index contributed by atoms with van der Waals surface area (Å²) in [5.74, 6) is -0.00907. The summed E-state index contributed by atoms with van der Waals surface area (Å²) >= 11 is 3.32. The Bertz CT molecular complexity index is 982. The number of nitrogens with zero attached hydrogens (tertiary/aromatic N) is 2. The van der Waals surface area contributed by atoms with E-state index < -0.39 is 10.9 Å². The predicted molar refractivity (Wildman–Crippen MR) is 106 cm³/mol. The molecule has 6 nitrogen and oxygen atoms in total. The standard InChI is InChI=1S/C20H13BrN2O4/c21-16-5-3-15(4-6-16)20(24)27-19-11-1-14(2-12-19)13-22-17-7-9-18(10-8-17)23(25)26/h1-13H. The highest BCUT2D eigenvalue weighted by Gasteiger charge is 2.08. The summed E-state index contributed by atoms with van der Waals surface area (Å²) < 4.78 is 6.22. The van der Waals surface area contributed by atoms with Gasteiger partial charge in [-0.3, -0.25) is 15.1 Å². The van der Waals surface area contributed by atoms with Gasteiger partial charge in [-0.1, -0.05) is 15.9 Å². The maximum atomic E-state index is 12.1. The fraction of sp³-hybridized carbons (Fsp3) is 0. The molecule has 0 atom stereocenters. The molecule has 0 aromatic heterocycles. The molecule has 0 saturated carbocycles. The fourth-order valence-electron chi connectivity index (χ4n) is 2.18. The van der Waals surface area contributed by atoms with Gasteiger partial charge in [0, 0.05) is 22.8 Å². The number of halogens is 1. The van der Waals surface area contributed by atoms with Crippen molar-refractivity contribution in [3.63, 3.8) is 0 Å². The molecule has 0 amide bonds. The number of non-ortho nitro benzene ring substituents is 1. The van der Waals surface area contributed by atoms with Gasteiger partial charge in [0.2, 0.25) is 0 Å². The Kier molecular flexibility index (Phi) is 5.73. The first-order chi connectivity index (χ1) is 13.0. The van der Waals surface area contributed by atoms with Crippen molar-refractivity contribution in [3.05, 3.63) is 98.5 Å². The Morgan fingerprint density at radius 2 is 1.59 bits per heavy atom. The van der Waals surface area contributed by atoms with Crippen molar-refractivity contribution in [2.24, 2.45) is 4.99 Å². The van der Waals surface area contributed by atoms with Gasteiger partial charge in [0.05, 0.1) is 16.2 Å². The number of ether oxygens (including phenoxy) is 1. The van der Waals surface area contributed by atoms with E-state index >= 15 is 0 Å². The Morgan fingerprint density at radius 1 is 0.963 bits per heavy atom. The Balaban J connectivity index is 1.63. The molecule has 134 valence electrons. The molecule has 0 aliphatic rings. The zero-order chi connectivity index (χ0) is 19.2. The summed E-state index contributed by atoms with van der Waals surface area (Å²) in [6.07, 6.45) is 1.63.